The van der Waals surface area contributed by atoms with Crippen LogP contribution in [0.25, 0.3) is 0 Å². The molecule has 0 aromatic rings. The Balaban J connectivity index is 1.07. The van der Waals surface area contributed by atoms with Crippen molar-refractivity contribution in [2.45, 2.75) is 181 Å². The Labute approximate surface area is 279 Å². The highest BCUT2D eigenvalue weighted by Crippen LogP contribution is 2.59. The number of rotatable bonds is 20. The largest absolute Gasteiger partial charge is 0.462 e. The summed E-state index contributed by atoms with van der Waals surface area (Å²) in [6.45, 7) is 9.59. The summed E-state index contributed by atoms with van der Waals surface area (Å²) >= 11 is 0. The number of allylic oxidation sites excluding steroid dienone is 5. The maximum Gasteiger partial charge on any atom is 0.306 e. The lowest BCUT2D eigenvalue weighted by Crippen LogP contribution is -2.42. The van der Waals surface area contributed by atoms with E-state index in [-0.39, 0.29) is 12.1 Å². The number of unbranched alkanes of at least 4 members (excludes halogenated alkanes) is 8. The molecule has 0 radical (unpaired) electrons. The quantitative estimate of drug-likeness (QED) is 0.0769. The molecule has 45 heavy (non-hydrogen) atoms. The third-order valence-electron chi connectivity index (χ3n) is 12.6. The first-order valence-corrected chi connectivity index (χ1v) is 20.2. The van der Waals surface area contributed by atoms with Crippen LogP contribution in [0.3, 0.4) is 0 Å². The second-order valence-electron chi connectivity index (χ2n) is 16.3. The molecule has 0 spiro atoms. The van der Waals surface area contributed by atoms with Gasteiger partial charge >= 0.3 is 5.97 Å². The maximum atomic E-state index is 12.7. The van der Waals surface area contributed by atoms with Gasteiger partial charge in [-0.3, -0.25) is 4.79 Å². The molecule has 0 bridgehead atoms. The lowest BCUT2D eigenvalue weighted by Gasteiger charge is -2.50. The van der Waals surface area contributed by atoms with Gasteiger partial charge in [0, 0.05) is 12.8 Å². The van der Waals surface area contributed by atoms with Crippen LogP contribution >= 0.6 is 0 Å². The monoisotopic (exact) mass is 621 g/mol. The summed E-state index contributed by atoms with van der Waals surface area (Å²) in [6.07, 6.45) is 40.9. The minimum Gasteiger partial charge on any atom is -0.462 e. The number of esters is 1. The minimum atomic E-state index is 0.0541. The number of hydrogen-bond acceptors (Lipinski definition) is 2. The van der Waals surface area contributed by atoms with Crippen LogP contribution in [0.5, 0.6) is 0 Å². The van der Waals surface area contributed by atoms with Gasteiger partial charge in [-0.05, 0) is 131 Å². The summed E-state index contributed by atoms with van der Waals surface area (Å²) in [5.74, 6) is 7.42. The molecule has 0 heterocycles. The summed E-state index contributed by atoms with van der Waals surface area (Å²) in [5, 5.41) is 0. The van der Waals surface area contributed by atoms with Gasteiger partial charge in [0.15, 0.2) is 0 Å². The van der Waals surface area contributed by atoms with Crippen molar-refractivity contribution in [2.24, 2.45) is 47.3 Å². The molecule has 3 saturated carbocycles. The van der Waals surface area contributed by atoms with E-state index in [0.29, 0.717) is 6.42 Å². The van der Waals surface area contributed by atoms with E-state index in [1.165, 1.54) is 109 Å². The van der Waals surface area contributed by atoms with Crippen molar-refractivity contribution >= 4 is 5.97 Å². The van der Waals surface area contributed by atoms with Crippen LogP contribution in [-0.4, -0.2) is 12.1 Å². The first-order valence-electron chi connectivity index (χ1n) is 20.2. The lowest BCUT2D eigenvalue weighted by molar-refractivity contribution is -0.150. The Morgan fingerprint density at radius 1 is 0.756 bits per heavy atom. The lowest BCUT2D eigenvalue weighted by atomic mass is 9.56. The Hall–Kier alpha value is -1.31. The number of carbonyl (C=O) groups is 1. The Bertz CT molecular complexity index is 926. The molecule has 256 valence electrons. The Morgan fingerprint density at radius 2 is 1.47 bits per heavy atom. The molecule has 4 aliphatic rings. The molecule has 3 fully saturated rings. The third kappa shape index (κ3) is 11.7. The smallest absolute Gasteiger partial charge is 0.306 e. The van der Waals surface area contributed by atoms with Crippen molar-refractivity contribution in [1.82, 2.24) is 0 Å². The van der Waals surface area contributed by atoms with Crippen LogP contribution in [0.1, 0.15) is 175 Å². The highest BCUT2D eigenvalue weighted by atomic mass is 16.5. The molecule has 0 N–H and O–H groups in total. The molecule has 0 saturated heterocycles. The molecular weight excluding hydrogens is 548 g/mol. The topological polar surface area (TPSA) is 26.3 Å². The van der Waals surface area contributed by atoms with Crippen molar-refractivity contribution in [1.29, 1.82) is 0 Å². The van der Waals surface area contributed by atoms with Crippen molar-refractivity contribution in [2.75, 3.05) is 0 Å². The van der Waals surface area contributed by atoms with Gasteiger partial charge in [0.05, 0.1) is 0 Å². The van der Waals surface area contributed by atoms with E-state index >= 15 is 0 Å². The van der Waals surface area contributed by atoms with Crippen LogP contribution in [-0.2, 0) is 9.53 Å². The Kier molecular flexibility index (Phi) is 16.4. The van der Waals surface area contributed by atoms with Crippen LogP contribution in [0.4, 0.5) is 0 Å². The van der Waals surface area contributed by atoms with E-state index in [1.807, 2.05) is 0 Å². The van der Waals surface area contributed by atoms with Gasteiger partial charge in [-0.1, -0.05) is 115 Å². The average molecular weight is 621 g/mol. The first-order chi connectivity index (χ1) is 22.0. The van der Waals surface area contributed by atoms with Crippen molar-refractivity contribution in [3.8, 4) is 0 Å². The highest BCUT2D eigenvalue weighted by molar-refractivity contribution is 5.69. The van der Waals surface area contributed by atoms with Crippen LogP contribution in [0.2, 0.25) is 0 Å². The summed E-state index contributed by atoms with van der Waals surface area (Å²) in [4.78, 5) is 12.7. The normalized spacial score (nSPS) is 30.3. The predicted molar refractivity (Wildman–Crippen MR) is 193 cm³/mol. The summed E-state index contributed by atoms with van der Waals surface area (Å²) in [5.41, 5.74) is 1.66. The molecule has 8 unspecified atom stereocenters. The zero-order valence-electron chi connectivity index (χ0n) is 30.2. The second-order valence-corrected chi connectivity index (χ2v) is 16.3. The van der Waals surface area contributed by atoms with Gasteiger partial charge in [-0.25, -0.2) is 0 Å². The zero-order valence-corrected chi connectivity index (χ0v) is 30.2. The van der Waals surface area contributed by atoms with Crippen molar-refractivity contribution < 1.29 is 9.53 Å². The molecular formula is C43H72O2. The molecule has 4 rings (SSSR count). The van der Waals surface area contributed by atoms with Crippen molar-refractivity contribution in [3.63, 3.8) is 0 Å². The fourth-order valence-corrected chi connectivity index (χ4v) is 10.1. The standard InChI is InChI=1S/C43H72O2/c1-5-6-7-8-9-10-11-12-13-14-15-16-17-18-19-23-43(44)45-36-25-27-38-35(32-36)24-26-41-40(38)31-30-39-37(28-29-42(39)41)34(4)22-20-21-33(2)3/h9-10,12-13,24,33-34,36-42H,5-8,11,14-23,25-32H2,1-4H3/b10-9+,13-12+. The summed E-state index contributed by atoms with van der Waals surface area (Å²) in [6, 6.07) is 0. The molecule has 0 amide bonds. The number of hydrogen-bond donors (Lipinski definition) is 0. The number of fused-ring (bicyclic) bond motifs is 5. The first kappa shape index (κ1) is 36.5. The van der Waals surface area contributed by atoms with E-state index in [4.69, 9.17) is 4.74 Å². The van der Waals surface area contributed by atoms with Crippen LogP contribution in [0, 0.1) is 47.3 Å². The Morgan fingerprint density at radius 3 is 2.24 bits per heavy atom. The fraction of sp³-hybridized carbons (Fsp3) is 0.837. The molecule has 4 aliphatic carbocycles. The van der Waals surface area contributed by atoms with Gasteiger partial charge in [0.2, 0.25) is 0 Å². The number of ether oxygens (including phenoxy) is 1. The molecule has 2 nitrogen and oxygen atoms in total. The second kappa shape index (κ2) is 20.1. The number of carbonyl (C=O) groups excluding carboxylic acids is 1. The zero-order chi connectivity index (χ0) is 31.9. The molecule has 8 atom stereocenters. The van der Waals surface area contributed by atoms with E-state index in [2.05, 4.69) is 58.1 Å². The molecule has 0 aliphatic heterocycles. The van der Waals surface area contributed by atoms with E-state index in [1.54, 1.807) is 5.57 Å². The van der Waals surface area contributed by atoms with Crippen molar-refractivity contribution in [3.05, 3.63) is 36.0 Å². The molecule has 0 aromatic carbocycles. The van der Waals surface area contributed by atoms with E-state index < -0.39 is 0 Å². The van der Waals surface area contributed by atoms with Gasteiger partial charge in [0.1, 0.15) is 6.10 Å². The minimum absolute atomic E-state index is 0.0541. The highest BCUT2D eigenvalue weighted by Gasteiger charge is 2.50. The SMILES string of the molecule is CCCCC/C=C/C/C=C/CCCCCCCC(=O)OC1CCC2C(=CCC3C2CCC2C(C(C)CCCC(C)C)CCC23)C1. The van der Waals surface area contributed by atoms with Crippen LogP contribution < -0.4 is 0 Å². The van der Waals surface area contributed by atoms with E-state index in [0.717, 1.165) is 79.4 Å². The predicted octanol–water partition coefficient (Wildman–Crippen LogP) is 13.0. The fourth-order valence-electron chi connectivity index (χ4n) is 10.1. The van der Waals surface area contributed by atoms with Gasteiger partial charge in [0.25, 0.3) is 0 Å². The van der Waals surface area contributed by atoms with Gasteiger partial charge in [-0.2, -0.15) is 0 Å². The summed E-state index contributed by atoms with van der Waals surface area (Å²) < 4.78 is 6.06. The molecule has 2 heteroatoms. The molecule has 0 aromatic heterocycles. The van der Waals surface area contributed by atoms with Crippen LogP contribution in [0.15, 0.2) is 36.0 Å². The third-order valence-corrected chi connectivity index (χ3v) is 12.6. The average Bonchev–Trinajstić information content (AvgIpc) is 3.47. The van der Waals surface area contributed by atoms with E-state index in [9.17, 15) is 4.79 Å². The van der Waals surface area contributed by atoms with Gasteiger partial charge < -0.3 is 4.74 Å². The maximum absolute atomic E-state index is 12.7. The summed E-state index contributed by atoms with van der Waals surface area (Å²) in [7, 11) is 0. The van der Waals surface area contributed by atoms with Gasteiger partial charge in [-0.15, -0.1) is 0 Å².